The molecule has 2 heterocycles. The summed E-state index contributed by atoms with van der Waals surface area (Å²) in [4.78, 5) is 16.8. The Bertz CT molecular complexity index is 1150. The zero-order valence-electron chi connectivity index (χ0n) is 14.9. The molecule has 2 aromatic heterocycles. The number of hydrogen-bond acceptors (Lipinski definition) is 4. The number of ether oxygens (including phenoxy) is 1. The number of carbonyl (C=O) groups excluding carboxylic acids is 1. The van der Waals surface area contributed by atoms with Crippen LogP contribution in [0, 0.1) is 0 Å². The second kappa shape index (κ2) is 7.62. The van der Waals surface area contributed by atoms with Gasteiger partial charge in [-0.15, -0.1) is 0 Å². The zero-order valence-corrected chi connectivity index (χ0v) is 16.4. The third kappa shape index (κ3) is 3.59. The Balaban J connectivity index is 1.93. The van der Waals surface area contributed by atoms with E-state index in [0.717, 1.165) is 22.5 Å². The van der Waals surface area contributed by atoms with Crippen LogP contribution in [0.1, 0.15) is 17.4 Å². The molecule has 0 spiro atoms. The van der Waals surface area contributed by atoms with Gasteiger partial charge in [0, 0.05) is 27.2 Å². The van der Waals surface area contributed by atoms with Crippen molar-refractivity contribution in [1.29, 1.82) is 0 Å². The van der Waals surface area contributed by atoms with Crippen molar-refractivity contribution in [2.24, 2.45) is 0 Å². The minimum atomic E-state index is -0.483. The van der Waals surface area contributed by atoms with Gasteiger partial charge in [-0.1, -0.05) is 47.5 Å². The van der Waals surface area contributed by atoms with Gasteiger partial charge in [-0.3, -0.25) is 0 Å². The Kier molecular flexibility index (Phi) is 5.03. The quantitative estimate of drug-likeness (QED) is 0.413. The van der Waals surface area contributed by atoms with Crippen molar-refractivity contribution in [3.05, 3.63) is 76.4 Å². The molecule has 0 atom stereocenters. The molecule has 0 N–H and O–H groups in total. The second-order valence-electron chi connectivity index (χ2n) is 6.06. The van der Waals surface area contributed by atoms with E-state index in [9.17, 15) is 4.79 Å². The lowest BCUT2D eigenvalue weighted by atomic mass is 10.1. The Hall–Kier alpha value is -2.89. The molecule has 4 rings (SSSR count). The van der Waals surface area contributed by atoms with Crippen molar-refractivity contribution in [1.82, 2.24) is 14.6 Å². The highest BCUT2D eigenvalue weighted by atomic mass is 35.5. The molecular formula is C21H15Cl2N3O2. The second-order valence-corrected chi connectivity index (χ2v) is 6.93. The van der Waals surface area contributed by atoms with Gasteiger partial charge in [-0.05, 0) is 37.3 Å². The molecule has 0 aliphatic heterocycles. The molecule has 0 radical (unpaired) electrons. The average molecular weight is 412 g/mol. The summed E-state index contributed by atoms with van der Waals surface area (Å²) in [6.07, 6.45) is 0. The molecule has 4 aromatic rings. The number of nitrogens with zero attached hydrogens (tertiary/aromatic N) is 3. The van der Waals surface area contributed by atoms with E-state index in [1.54, 1.807) is 29.6 Å². The summed E-state index contributed by atoms with van der Waals surface area (Å²) in [7, 11) is 0. The van der Waals surface area contributed by atoms with E-state index in [4.69, 9.17) is 27.9 Å². The number of fused-ring (bicyclic) bond motifs is 1. The first-order valence-corrected chi connectivity index (χ1v) is 9.40. The maximum absolute atomic E-state index is 12.1. The highest BCUT2D eigenvalue weighted by Crippen LogP contribution is 2.28. The molecule has 28 heavy (non-hydrogen) atoms. The summed E-state index contributed by atoms with van der Waals surface area (Å²) in [6.45, 7) is 2.03. The van der Waals surface area contributed by atoms with Crippen molar-refractivity contribution in [3.8, 4) is 22.5 Å². The minimum Gasteiger partial charge on any atom is -0.461 e. The summed E-state index contributed by atoms with van der Waals surface area (Å²) in [5.41, 5.74) is 4.07. The standard InChI is InChI=1S/C21H15Cl2N3O2/c1-2-28-21(27)18-12-20-24-17(13-3-7-15(22)8-4-13)11-19(26(20)25-18)14-5-9-16(23)10-6-14/h3-12H,2H2,1H3. The van der Waals surface area contributed by atoms with Crippen LogP contribution in [0.15, 0.2) is 60.7 Å². The van der Waals surface area contributed by atoms with Gasteiger partial charge in [0.2, 0.25) is 0 Å². The van der Waals surface area contributed by atoms with Crippen LogP contribution in [0.5, 0.6) is 0 Å². The molecule has 5 nitrogen and oxygen atoms in total. The topological polar surface area (TPSA) is 56.5 Å². The highest BCUT2D eigenvalue weighted by Gasteiger charge is 2.17. The van der Waals surface area contributed by atoms with Crippen LogP contribution in [-0.4, -0.2) is 27.2 Å². The predicted molar refractivity (Wildman–Crippen MR) is 110 cm³/mol. The lowest BCUT2D eigenvalue weighted by molar-refractivity contribution is 0.0519. The molecule has 0 amide bonds. The summed E-state index contributed by atoms with van der Waals surface area (Å²) in [5.74, 6) is -0.483. The molecule has 0 saturated carbocycles. The molecular weight excluding hydrogens is 397 g/mol. The van der Waals surface area contributed by atoms with Gasteiger partial charge < -0.3 is 4.74 Å². The normalized spacial score (nSPS) is 11.0. The Morgan fingerprint density at radius 2 is 1.57 bits per heavy atom. The average Bonchev–Trinajstić information content (AvgIpc) is 3.13. The molecule has 0 bridgehead atoms. The van der Waals surface area contributed by atoms with Gasteiger partial charge in [-0.2, -0.15) is 5.10 Å². The van der Waals surface area contributed by atoms with E-state index in [1.807, 2.05) is 42.5 Å². The van der Waals surface area contributed by atoms with Gasteiger partial charge in [0.1, 0.15) is 0 Å². The monoisotopic (exact) mass is 411 g/mol. The molecule has 0 aliphatic carbocycles. The molecule has 0 aliphatic rings. The van der Waals surface area contributed by atoms with Crippen LogP contribution in [0.2, 0.25) is 10.0 Å². The summed E-state index contributed by atoms with van der Waals surface area (Å²) < 4.78 is 6.71. The minimum absolute atomic E-state index is 0.206. The molecule has 0 saturated heterocycles. The van der Waals surface area contributed by atoms with E-state index >= 15 is 0 Å². The maximum atomic E-state index is 12.1. The fourth-order valence-corrected chi connectivity index (χ4v) is 3.13. The van der Waals surface area contributed by atoms with Gasteiger partial charge in [0.25, 0.3) is 0 Å². The zero-order chi connectivity index (χ0) is 19.7. The number of carbonyl (C=O) groups is 1. The molecule has 2 aromatic carbocycles. The van der Waals surface area contributed by atoms with Crippen molar-refractivity contribution in [2.75, 3.05) is 6.61 Å². The lowest BCUT2D eigenvalue weighted by Crippen LogP contribution is -2.06. The van der Waals surface area contributed by atoms with E-state index < -0.39 is 5.97 Å². The third-order valence-electron chi connectivity index (χ3n) is 4.19. The fourth-order valence-electron chi connectivity index (χ4n) is 2.87. The molecule has 7 heteroatoms. The number of aromatic nitrogens is 3. The van der Waals surface area contributed by atoms with E-state index in [1.165, 1.54) is 0 Å². The smallest absolute Gasteiger partial charge is 0.358 e. The largest absolute Gasteiger partial charge is 0.461 e. The van der Waals surface area contributed by atoms with Crippen LogP contribution >= 0.6 is 23.2 Å². The van der Waals surface area contributed by atoms with Crippen LogP contribution in [0.4, 0.5) is 0 Å². The Morgan fingerprint density at radius 1 is 0.964 bits per heavy atom. The van der Waals surface area contributed by atoms with Gasteiger partial charge in [0.15, 0.2) is 11.3 Å². The Morgan fingerprint density at radius 3 is 2.18 bits per heavy atom. The van der Waals surface area contributed by atoms with Crippen LogP contribution in [0.25, 0.3) is 28.2 Å². The van der Waals surface area contributed by atoms with Crippen molar-refractivity contribution < 1.29 is 9.53 Å². The van der Waals surface area contributed by atoms with Gasteiger partial charge >= 0.3 is 5.97 Å². The third-order valence-corrected chi connectivity index (χ3v) is 4.70. The predicted octanol–water partition coefficient (Wildman–Crippen LogP) is 5.55. The summed E-state index contributed by atoms with van der Waals surface area (Å²) in [6, 6.07) is 18.4. The van der Waals surface area contributed by atoms with Crippen LogP contribution < -0.4 is 0 Å². The number of hydrogen-bond donors (Lipinski definition) is 0. The first-order valence-electron chi connectivity index (χ1n) is 8.65. The van der Waals surface area contributed by atoms with Gasteiger partial charge in [-0.25, -0.2) is 14.3 Å². The van der Waals surface area contributed by atoms with Gasteiger partial charge in [0.05, 0.1) is 18.0 Å². The SMILES string of the molecule is CCOC(=O)c1cc2nc(-c3ccc(Cl)cc3)cc(-c3ccc(Cl)cc3)n2n1. The van der Waals surface area contributed by atoms with Crippen molar-refractivity contribution in [3.63, 3.8) is 0 Å². The summed E-state index contributed by atoms with van der Waals surface area (Å²) in [5, 5.41) is 5.69. The maximum Gasteiger partial charge on any atom is 0.358 e. The van der Waals surface area contributed by atoms with Crippen molar-refractivity contribution in [2.45, 2.75) is 6.92 Å². The Labute approximate surface area is 171 Å². The number of halogens is 2. The van der Waals surface area contributed by atoms with Crippen LogP contribution in [-0.2, 0) is 4.74 Å². The van der Waals surface area contributed by atoms with E-state index in [-0.39, 0.29) is 12.3 Å². The molecule has 0 fully saturated rings. The summed E-state index contributed by atoms with van der Waals surface area (Å²) >= 11 is 12.0. The van der Waals surface area contributed by atoms with E-state index in [0.29, 0.717) is 15.7 Å². The van der Waals surface area contributed by atoms with Crippen LogP contribution in [0.3, 0.4) is 0 Å². The highest BCUT2D eigenvalue weighted by molar-refractivity contribution is 6.30. The first kappa shape index (κ1) is 18.5. The number of benzene rings is 2. The fraction of sp³-hybridized carbons (Fsp3) is 0.0952. The first-order chi connectivity index (χ1) is 13.5. The molecule has 0 unspecified atom stereocenters. The number of rotatable bonds is 4. The van der Waals surface area contributed by atoms with E-state index in [2.05, 4.69) is 10.1 Å². The lowest BCUT2D eigenvalue weighted by Gasteiger charge is -2.09. The molecule has 140 valence electrons. The number of esters is 1. The van der Waals surface area contributed by atoms with Crippen molar-refractivity contribution >= 4 is 34.8 Å².